The van der Waals surface area contributed by atoms with Crippen molar-refractivity contribution in [3.8, 4) is 0 Å². The van der Waals surface area contributed by atoms with Crippen LogP contribution in [-0.2, 0) is 18.4 Å². The molecule has 20 heavy (non-hydrogen) atoms. The molecule has 1 aromatic heterocycles. The maximum Gasteiger partial charge on any atom is 0.225 e. The van der Waals surface area contributed by atoms with E-state index in [2.05, 4.69) is 15.3 Å². The van der Waals surface area contributed by atoms with Gasteiger partial charge in [0.2, 0.25) is 5.91 Å². The second-order valence-electron chi connectivity index (χ2n) is 6.05. The number of likely N-dealkylation sites (tertiary alicyclic amines) is 1. The van der Waals surface area contributed by atoms with E-state index in [0.29, 0.717) is 6.04 Å². The van der Waals surface area contributed by atoms with E-state index < -0.39 is 0 Å². The van der Waals surface area contributed by atoms with Crippen molar-refractivity contribution in [2.24, 2.45) is 18.9 Å². The summed E-state index contributed by atoms with van der Waals surface area (Å²) in [6.45, 7) is 2.36. The summed E-state index contributed by atoms with van der Waals surface area (Å²) in [5.41, 5.74) is 1.15. The van der Waals surface area contributed by atoms with Gasteiger partial charge in [-0.05, 0) is 12.8 Å². The number of carbonyl (C=O) groups excluding carboxylic acids is 1. The highest BCUT2D eigenvalue weighted by Crippen LogP contribution is 2.27. The molecule has 6 heteroatoms. The van der Waals surface area contributed by atoms with E-state index in [1.807, 2.05) is 19.4 Å². The van der Waals surface area contributed by atoms with Gasteiger partial charge in [0, 0.05) is 57.0 Å². The quantitative estimate of drug-likeness (QED) is 0.778. The monoisotopic (exact) mass is 278 g/mol. The Balaban J connectivity index is 1.59. The third-order valence-electron chi connectivity index (χ3n) is 4.18. The average Bonchev–Trinajstić information content (AvgIpc) is 2.98. The van der Waals surface area contributed by atoms with E-state index in [0.717, 1.165) is 38.0 Å². The van der Waals surface area contributed by atoms with Gasteiger partial charge >= 0.3 is 0 Å². The van der Waals surface area contributed by atoms with Gasteiger partial charge in [-0.15, -0.1) is 0 Å². The topological polar surface area (TPSA) is 70.4 Å². The Morgan fingerprint density at radius 3 is 2.90 bits per heavy atom. The molecule has 3 rings (SSSR count). The van der Waals surface area contributed by atoms with Gasteiger partial charge in [-0.3, -0.25) is 14.4 Å². The van der Waals surface area contributed by atoms with Crippen LogP contribution < -0.4 is 5.32 Å². The zero-order chi connectivity index (χ0) is 14.1. The first-order chi connectivity index (χ1) is 9.65. The molecule has 0 spiro atoms. The Morgan fingerprint density at radius 2 is 2.30 bits per heavy atom. The Kier molecular flexibility index (Phi) is 3.76. The van der Waals surface area contributed by atoms with Crippen LogP contribution in [0.25, 0.3) is 0 Å². The van der Waals surface area contributed by atoms with Crippen molar-refractivity contribution < 1.29 is 9.90 Å². The van der Waals surface area contributed by atoms with Crippen LogP contribution in [0.4, 0.5) is 0 Å². The minimum atomic E-state index is -0.0859. The van der Waals surface area contributed by atoms with Crippen LogP contribution in [0.1, 0.15) is 18.4 Å². The smallest absolute Gasteiger partial charge is 0.225 e. The summed E-state index contributed by atoms with van der Waals surface area (Å²) in [5, 5.41) is 16.7. The predicted molar refractivity (Wildman–Crippen MR) is 73.7 cm³/mol. The van der Waals surface area contributed by atoms with Gasteiger partial charge in [-0.1, -0.05) is 0 Å². The number of hydrogen-bond acceptors (Lipinski definition) is 4. The van der Waals surface area contributed by atoms with Gasteiger partial charge in [0.05, 0.1) is 12.1 Å². The standard InChI is InChI=1S/C14H22N4O2/c1-17-5-10(4-15-17)6-18-7-11(9-19)13(8-18)14(20)16-12-2-3-12/h4-5,11-13,19H,2-3,6-9H2,1H3,(H,16,20)/t11-,13+/m0/s1. The third-order valence-corrected chi connectivity index (χ3v) is 4.18. The molecule has 1 saturated carbocycles. The van der Waals surface area contributed by atoms with Crippen LogP contribution in [0.15, 0.2) is 12.4 Å². The minimum Gasteiger partial charge on any atom is -0.396 e. The van der Waals surface area contributed by atoms with E-state index >= 15 is 0 Å². The molecule has 0 aromatic carbocycles. The molecule has 0 bridgehead atoms. The second-order valence-corrected chi connectivity index (χ2v) is 6.05. The summed E-state index contributed by atoms with van der Waals surface area (Å²) in [4.78, 5) is 14.4. The van der Waals surface area contributed by atoms with E-state index in [1.165, 1.54) is 0 Å². The molecule has 2 fully saturated rings. The summed E-state index contributed by atoms with van der Waals surface area (Å²) >= 11 is 0. The summed E-state index contributed by atoms with van der Waals surface area (Å²) in [6, 6.07) is 0.384. The van der Waals surface area contributed by atoms with Crippen LogP contribution in [0.2, 0.25) is 0 Å². The van der Waals surface area contributed by atoms with E-state index in [9.17, 15) is 9.90 Å². The molecule has 2 aliphatic rings. The number of aliphatic hydroxyl groups is 1. The summed E-state index contributed by atoms with van der Waals surface area (Å²) in [6.07, 6.45) is 6.04. The number of nitrogens with one attached hydrogen (secondary N) is 1. The molecule has 1 aliphatic heterocycles. The molecule has 1 saturated heterocycles. The molecule has 0 radical (unpaired) electrons. The SMILES string of the molecule is Cn1cc(CN2C[C@@H](CO)[C@H](C(=O)NC3CC3)C2)cn1. The van der Waals surface area contributed by atoms with Crippen molar-refractivity contribution in [1.29, 1.82) is 0 Å². The Labute approximate surface area is 118 Å². The third kappa shape index (κ3) is 3.02. The van der Waals surface area contributed by atoms with Crippen LogP contribution in [0, 0.1) is 11.8 Å². The van der Waals surface area contributed by atoms with Crippen molar-refractivity contribution >= 4 is 5.91 Å². The first kappa shape index (κ1) is 13.6. The maximum absolute atomic E-state index is 12.2. The van der Waals surface area contributed by atoms with E-state index in [1.54, 1.807) is 4.68 Å². The Bertz CT molecular complexity index is 483. The molecular formula is C14H22N4O2. The molecule has 1 aromatic rings. The second kappa shape index (κ2) is 5.54. The molecule has 2 heterocycles. The van der Waals surface area contributed by atoms with Crippen LogP contribution in [-0.4, -0.2) is 51.4 Å². The van der Waals surface area contributed by atoms with Gasteiger partial charge in [0.1, 0.15) is 0 Å². The average molecular weight is 278 g/mol. The summed E-state index contributed by atoms with van der Waals surface area (Å²) in [7, 11) is 1.90. The molecule has 2 atom stereocenters. The number of hydrogen-bond donors (Lipinski definition) is 2. The van der Waals surface area contributed by atoms with Gasteiger partial charge in [0.25, 0.3) is 0 Å². The number of aromatic nitrogens is 2. The first-order valence-corrected chi connectivity index (χ1v) is 7.27. The highest BCUT2D eigenvalue weighted by Gasteiger charge is 2.38. The van der Waals surface area contributed by atoms with Crippen molar-refractivity contribution in [3.05, 3.63) is 18.0 Å². The predicted octanol–water partition coefficient (Wildman–Crippen LogP) is -0.261. The van der Waals surface area contributed by atoms with Crippen molar-refractivity contribution in [3.63, 3.8) is 0 Å². The lowest BCUT2D eigenvalue weighted by atomic mass is 9.96. The maximum atomic E-state index is 12.2. The molecule has 1 aliphatic carbocycles. The van der Waals surface area contributed by atoms with E-state index in [4.69, 9.17) is 0 Å². The van der Waals surface area contributed by atoms with Gasteiger partial charge in [0.15, 0.2) is 0 Å². The molecule has 1 amide bonds. The van der Waals surface area contributed by atoms with Crippen LogP contribution in [0.3, 0.4) is 0 Å². The van der Waals surface area contributed by atoms with E-state index in [-0.39, 0.29) is 24.3 Å². The minimum absolute atomic E-state index is 0.0467. The van der Waals surface area contributed by atoms with Crippen molar-refractivity contribution in [2.75, 3.05) is 19.7 Å². The van der Waals surface area contributed by atoms with Crippen LogP contribution in [0.5, 0.6) is 0 Å². The fraction of sp³-hybridized carbons (Fsp3) is 0.714. The number of aliphatic hydroxyl groups excluding tert-OH is 1. The number of aryl methyl sites for hydroxylation is 1. The van der Waals surface area contributed by atoms with Crippen LogP contribution >= 0.6 is 0 Å². The van der Waals surface area contributed by atoms with Crippen molar-refractivity contribution in [1.82, 2.24) is 20.0 Å². The van der Waals surface area contributed by atoms with Gasteiger partial charge in [-0.2, -0.15) is 5.10 Å². The number of rotatable bonds is 5. The molecule has 6 nitrogen and oxygen atoms in total. The number of carbonyl (C=O) groups is 1. The summed E-state index contributed by atoms with van der Waals surface area (Å²) < 4.78 is 1.78. The molecule has 2 N–H and O–H groups in total. The highest BCUT2D eigenvalue weighted by molar-refractivity contribution is 5.80. The lowest BCUT2D eigenvalue weighted by molar-refractivity contribution is -0.126. The first-order valence-electron chi connectivity index (χ1n) is 7.27. The lowest BCUT2D eigenvalue weighted by Gasteiger charge is -2.15. The Morgan fingerprint density at radius 1 is 1.50 bits per heavy atom. The molecule has 0 unspecified atom stereocenters. The zero-order valence-electron chi connectivity index (χ0n) is 11.8. The number of nitrogens with zero attached hydrogens (tertiary/aromatic N) is 3. The van der Waals surface area contributed by atoms with Crippen molar-refractivity contribution in [2.45, 2.75) is 25.4 Å². The highest BCUT2D eigenvalue weighted by atomic mass is 16.3. The van der Waals surface area contributed by atoms with Gasteiger partial charge in [-0.25, -0.2) is 0 Å². The Hall–Kier alpha value is -1.40. The zero-order valence-corrected chi connectivity index (χ0v) is 11.8. The fourth-order valence-electron chi connectivity index (χ4n) is 2.92. The molecular weight excluding hydrogens is 256 g/mol. The number of amides is 1. The van der Waals surface area contributed by atoms with Gasteiger partial charge < -0.3 is 10.4 Å². The lowest BCUT2D eigenvalue weighted by Crippen LogP contribution is -2.37. The fourth-order valence-corrected chi connectivity index (χ4v) is 2.92. The summed E-state index contributed by atoms with van der Waals surface area (Å²) in [5.74, 6) is 0.0722. The normalized spacial score (nSPS) is 26.9. The largest absolute Gasteiger partial charge is 0.396 e. The molecule has 110 valence electrons.